The second-order valence-corrected chi connectivity index (χ2v) is 8.90. The highest BCUT2D eigenvalue weighted by Crippen LogP contribution is 2.20. The molecule has 0 radical (unpaired) electrons. The smallest absolute Gasteiger partial charge is 0.287 e. The molecule has 28 heavy (non-hydrogen) atoms. The summed E-state index contributed by atoms with van der Waals surface area (Å²) >= 11 is 5.79. The molecule has 1 N–H and O–H groups in total. The van der Waals surface area contributed by atoms with E-state index in [0.717, 1.165) is 5.56 Å². The van der Waals surface area contributed by atoms with E-state index in [1.807, 2.05) is 25.1 Å². The SMILES string of the molecule is Cc1cccc(CCNC(=O)c2ccc(CS(=O)(=O)c3ccc(Cl)cc3)o2)c1. The minimum absolute atomic E-state index is 0.0885. The first-order valence-electron chi connectivity index (χ1n) is 8.74. The average molecular weight is 418 g/mol. The molecule has 146 valence electrons. The van der Waals surface area contributed by atoms with E-state index in [1.165, 1.54) is 42.0 Å². The van der Waals surface area contributed by atoms with Gasteiger partial charge in [-0.25, -0.2) is 8.42 Å². The number of carbonyl (C=O) groups excluding carboxylic acids is 1. The average Bonchev–Trinajstić information content (AvgIpc) is 3.10. The van der Waals surface area contributed by atoms with E-state index >= 15 is 0 Å². The van der Waals surface area contributed by atoms with Gasteiger partial charge in [0.25, 0.3) is 5.91 Å². The zero-order chi connectivity index (χ0) is 20.1. The van der Waals surface area contributed by atoms with Crippen LogP contribution in [-0.2, 0) is 22.0 Å². The molecular weight excluding hydrogens is 398 g/mol. The first kappa shape index (κ1) is 20.2. The highest BCUT2D eigenvalue weighted by atomic mass is 35.5. The number of furan rings is 1. The molecule has 7 heteroatoms. The minimum Gasteiger partial charge on any atom is -0.455 e. The van der Waals surface area contributed by atoms with Crippen LogP contribution < -0.4 is 5.32 Å². The van der Waals surface area contributed by atoms with E-state index in [2.05, 4.69) is 11.4 Å². The van der Waals surface area contributed by atoms with Crippen LogP contribution in [0.25, 0.3) is 0 Å². The lowest BCUT2D eigenvalue weighted by Gasteiger charge is -2.05. The Morgan fingerprint density at radius 3 is 2.54 bits per heavy atom. The zero-order valence-electron chi connectivity index (χ0n) is 15.3. The number of sulfone groups is 1. The van der Waals surface area contributed by atoms with E-state index in [0.29, 0.717) is 18.0 Å². The number of amides is 1. The van der Waals surface area contributed by atoms with Crippen molar-refractivity contribution in [2.75, 3.05) is 6.54 Å². The molecule has 0 saturated carbocycles. The third kappa shape index (κ3) is 5.24. The van der Waals surface area contributed by atoms with Crippen LogP contribution in [0.5, 0.6) is 0 Å². The van der Waals surface area contributed by atoms with Crippen LogP contribution >= 0.6 is 11.6 Å². The van der Waals surface area contributed by atoms with Crippen molar-refractivity contribution in [2.24, 2.45) is 0 Å². The molecule has 3 rings (SSSR count). The third-order valence-corrected chi connectivity index (χ3v) is 6.08. The van der Waals surface area contributed by atoms with Gasteiger partial charge in [0, 0.05) is 11.6 Å². The normalized spacial score (nSPS) is 11.4. The van der Waals surface area contributed by atoms with Gasteiger partial charge in [-0.05, 0) is 55.3 Å². The number of rotatable bonds is 7. The molecule has 5 nitrogen and oxygen atoms in total. The Hall–Kier alpha value is -2.57. The molecule has 0 bridgehead atoms. The Morgan fingerprint density at radius 1 is 1.07 bits per heavy atom. The van der Waals surface area contributed by atoms with Gasteiger partial charge in [-0.15, -0.1) is 0 Å². The Balaban J connectivity index is 1.58. The lowest BCUT2D eigenvalue weighted by Crippen LogP contribution is -2.25. The van der Waals surface area contributed by atoms with Crippen molar-refractivity contribution >= 4 is 27.3 Å². The molecule has 2 aromatic carbocycles. The molecule has 0 aliphatic heterocycles. The Kier molecular flexibility index (Phi) is 6.21. The van der Waals surface area contributed by atoms with Crippen LogP contribution in [-0.4, -0.2) is 20.9 Å². The molecule has 0 aliphatic rings. The van der Waals surface area contributed by atoms with Gasteiger partial charge in [-0.2, -0.15) is 0 Å². The molecule has 1 aromatic heterocycles. The van der Waals surface area contributed by atoms with Crippen molar-refractivity contribution in [3.8, 4) is 0 Å². The number of benzene rings is 2. The Morgan fingerprint density at radius 2 is 1.82 bits per heavy atom. The molecule has 0 unspecified atom stereocenters. The van der Waals surface area contributed by atoms with E-state index in [4.69, 9.17) is 16.0 Å². The van der Waals surface area contributed by atoms with Crippen LogP contribution in [0.3, 0.4) is 0 Å². The predicted molar refractivity (Wildman–Crippen MR) is 108 cm³/mol. The molecule has 0 aliphatic carbocycles. The van der Waals surface area contributed by atoms with E-state index in [-0.39, 0.29) is 28.1 Å². The van der Waals surface area contributed by atoms with Crippen molar-refractivity contribution in [1.29, 1.82) is 0 Å². The topological polar surface area (TPSA) is 76.4 Å². The number of carbonyl (C=O) groups is 1. The maximum Gasteiger partial charge on any atom is 0.287 e. The van der Waals surface area contributed by atoms with Crippen molar-refractivity contribution < 1.29 is 17.6 Å². The van der Waals surface area contributed by atoms with Gasteiger partial charge in [-0.1, -0.05) is 41.4 Å². The first-order valence-corrected chi connectivity index (χ1v) is 10.8. The lowest BCUT2D eigenvalue weighted by atomic mass is 10.1. The predicted octanol–water partition coefficient (Wildman–Crippen LogP) is 4.19. The minimum atomic E-state index is -3.58. The molecular formula is C21H20ClNO4S. The van der Waals surface area contributed by atoms with Crippen LogP contribution in [0.2, 0.25) is 5.02 Å². The summed E-state index contributed by atoms with van der Waals surface area (Å²) in [6.07, 6.45) is 0.700. The Labute approximate surface area is 169 Å². The number of hydrogen-bond acceptors (Lipinski definition) is 4. The fourth-order valence-electron chi connectivity index (χ4n) is 2.77. The summed E-state index contributed by atoms with van der Waals surface area (Å²) in [5.74, 6) is -0.405. The van der Waals surface area contributed by atoms with Crippen LogP contribution in [0.15, 0.2) is 70.0 Å². The fraction of sp³-hybridized carbons (Fsp3) is 0.190. The Bertz CT molecular complexity index is 1070. The number of nitrogens with one attached hydrogen (secondary N) is 1. The van der Waals surface area contributed by atoms with Gasteiger partial charge in [0.15, 0.2) is 15.6 Å². The molecule has 0 atom stereocenters. The number of hydrogen-bond donors (Lipinski definition) is 1. The summed E-state index contributed by atoms with van der Waals surface area (Å²) in [6, 6.07) is 17.0. The van der Waals surface area contributed by atoms with Crippen LogP contribution in [0.4, 0.5) is 0 Å². The molecule has 0 fully saturated rings. The van der Waals surface area contributed by atoms with Gasteiger partial charge < -0.3 is 9.73 Å². The summed E-state index contributed by atoms with van der Waals surface area (Å²) in [6.45, 7) is 2.48. The molecule has 3 aromatic rings. The first-order chi connectivity index (χ1) is 13.3. The summed E-state index contributed by atoms with van der Waals surface area (Å²) in [4.78, 5) is 12.4. The van der Waals surface area contributed by atoms with E-state index in [1.54, 1.807) is 0 Å². The van der Waals surface area contributed by atoms with Crippen molar-refractivity contribution in [2.45, 2.75) is 24.0 Å². The summed E-state index contributed by atoms with van der Waals surface area (Å²) < 4.78 is 30.3. The summed E-state index contributed by atoms with van der Waals surface area (Å²) in [7, 11) is -3.58. The van der Waals surface area contributed by atoms with Crippen molar-refractivity contribution in [1.82, 2.24) is 5.32 Å². The fourth-order valence-corrected chi connectivity index (χ4v) is 4.14. The number of halogens is 1. The molecule has 1 amide bonds. The second kappa shape index (κ2) is 8.63. The van der Waals surface area contributed by atoms with Gasteiger partial charge in [-0.3, -0.25) is 4.79 Å². The summed E-state index contributed by atoms with van der Waals surface area (Å²) in [5, 5.41) is 3.24. The van der Waals surface area contributed by atoms with Gasteiger partial charge in [0.2, 0.25) is 0 Å². The van der Waals surface area contributed by atoms with Crippen molar-refractivity contribution in [3.05, 3.63) is 88.3 Å². The maximum atomic E-state index is 12.4. The van der Waals surface area contributed by atoms with Crippen molar-refractivity contribution in [3.63, 3.8) is 0 Å². The van der Waals surface area contributed by atoms with Gasteiger partial charge >= 0.3 is 0 Å². The molecule has 0 saturated heterocycles. The lowest BCUT2D eigenvalue weighted by molar-refractivity contribution is 0.0925. The second-order valence-electron chi connectivity index (χ2n) is 6.47. The number of aryl methyl sites for hydroxylation is 1. The van der Waals surface area contributed by atoms with E-state index < -0.39 is 9.84 Å². The quantitative estimate of drug-likeness (QED) is 0.625. The van der Waals surface area contributed by atoms with E-state index in [9.17, 15) is 13.2 Å². The summed E-state index contributed by atoms with van der Waals surface area (Å²) in [5.41, 5.74) is 2.30. The molecule has 0 spiro atoms. The van der Waals surface area contributed by atoms with Gasteiger partial charge in [0.1, 0.15) is 11.5 Å². The molecule has 1 heterocycles. The maximum absolute atomic E-state index is 12.4. The zero-order valence-corrected chi connectivity index (χ0v) is 16.9. The highest BCUT2D eigenvalue weighted by molar-refractivity contribution is 7.90. The highest BCUT2D eigenvalue weighted by Gasteiger charge is 2.19. The third-order valence-electron chi connectivity index (χ3n) is 4.17. The van der Waals surface area contributed by atoms with Crippen LogP contribution in [0, 0.1) is 6.92 Å². The monoisotopic (exact) mass is 417 g/mol. The van der Waals surface area contributed by atoms with Gasteiger partial charge in [0.05, 0.1) is 4.90 Å². The van der Waals surface area contributed by atoms with Crippen LogP contribution in [0.1, 0.15) is 27.4 Å². The largest absolute Gasteiger partial charge is 0.455 e. The standard InChI is InChI=1S/C21H20ClNO4S/c1-15-3-2-4-16(13-15)11-12-23-21(24)20-10-7-18(27-20)14-28(25,26)19-8-5-17(22)6-9-19/h2-10,13H,11-12,14H2,1H3,(H,23,24).